The first-order chi connectivity index (χ1) is 11.8. The normalized spacial score (nSPS) is 11.9. The Kier molecular flexibility index (Phi) is 5.85. The maximum atomic E-state index is 13.8. The molecule has 0 aliphatic heterocycles. The Morgan fingerprint density at radius 2 is 1.64 bits per heavy atom. The molecule has 0 aliphatic rings. The zero-order chi connectivity index (χ0) is 18.6. The SMILES string of the molecule is Cc1ccc(F)c(NC(=O)C(NC(=O)c2ccc(F)cc2)C(C)C)c1. The van der Waals surface area contributed by atoms with Crippen LogP contribution in [0.25, 0.3) is 0 Å². The quantitative estimate of drug-likeness (QED) is 0.868. The third-order valence-corrected chi connectivity index (χ3v) is 3.72. The Balaban J connectivity index is 2.14. The van der Waals surface area contributed by atoms with Gasteiger partial charge in [0, 0.05) is 5.56 Å². The van der Waals surface area contributed by atoms with Gasteiger partial charge in [0.1, 0.15) is 17.7 Å². The highest BCUT2D eigenvalue weighted by atomic mass is 19.1. The van der Waals surface area contributed by atoms with E-state index in [1.54, 1.807) is 26.8 Å². The van der Waals surface area contributed by atoms with E-state index in [4.69, 9.17) is 0 Å². The van der Waals surface area contributed by atoms with E-state index in [1.807, 2.05) is 0 Å². The predicted octanol–water partition coefficient (Wildman–Crippen LogP) is 3.67. The highest BCUT2D eigenvalue weighted by Gasteiger charge is 2.25. The van der Waals surface area contributed by atoms with Crippen molar-refractivity contribution >= 4 is 17.5 Å². The van der Waals surface area contributed by atoms with Crippen molar-refractivity contribution in [1.82, 2.24) is 5.32 Å². The van der Waals surface area contributed by atoms with Gasteiger partial charge < -0.3 is 10.6 Å². The predicted molar refractivity (Wildman–Crippen MR) is 92.3 cm³/mol. The van der Waals surface area contributed by atoms with Gasteiger partial charge in [-0.1, -0.05) is 19.9 Å². The Morgan fingerprint density at radius 1 is 1.00 bits per heavy atom. The molecule has 0 saturated carbocycles. The maximum absolute atomic E-state index is 13.8. The van der Waals surface area contributed by atoms with E-state index in [1.165, 1.54) is 36.4 Å². The van der Waals surface area contributed by atoms with Crippen LogP contribution in [-0.4, -0.2) is 17.9 Å². The number of carbonyl (C=O) groups is 2. The van der Waals surface area contributed by atoms with Gasteiger partial charge >= 0.3 is 0 Å². The van der Waals surface area contributed by atoms with Crippen LogP contribution >= 0.6 is 0 Å². The third kappa shape index (κ3) is 4.86. The molecule has 0 radical (unpaired) electrons. The molecule has 0 spiro atoms. The molecule has 2 amide bonds. The first-order valence-corrected chi connectivity index (χ1v) is 7.91. The van der Waals surface area contributed by atoms with Crippen molar-refractivity contribution in [3.05, 3.63) is 65.2 Å². The summed E-state index contributed by atoms with van der Waals surface area (Å²) in [4.78, 5) is 24.7. The molecule has 0 saturated heterocycles. The first-order valence-electron chi connectivity index (χ1n) is 7.91. The molecule has 6 heteroatoms. The van der Waals surface area contributed by atoms with Crippen LogP contribution in [0.2, 0.25) is 0 Å². The summed E-state index contributed by atoms with van der Waals surface area (Å²) in [5, 5.41) is 5.12. The summed E-state index contributed by atoms with van der Waals surface area (Å²) in [7, 11) is 0. The van der Waals surface area contributed by atoms with E-state index >= 15 is 0 Å². The zero-order valence-corrected chi connectivity index (χ0v) is 14.3. The molecule has 2 N–H and O–H groups in total. The molecule has 0 aliphatic carbocycles. The van der Waals surface area contributed by atoms with Gasteiger partial charge in [0.05, 0.1) is 5.69 Å². The molecule has 0 fully saturated rings. The first kappa shape index (κ1) is 18.6. The van der Waals surface area contributed by atoms with Crippen molar-refractivity contribution in [2.24, 2.45) is 5.92 Å². The fourth-order valence-electron chi connectivity index (χ4n) is 2.31. The van der Waals surface area contributed by atoms with Crippen molar-refractivity contribution in [2.75, 3.05) is 5.32 Å². The molecule has 0 bridgehead atoms. The van der Waals surface area contributed by atoms with Crippen LogP contribution in [0.4, 0.5) is 14.5 Å². The third-order valence-electron chi connectivity index (χ3n) is 3.72. The molecule has 4 nitrogen and oxygen atoms in total. The summed E-state index contributed by atoms with van der Waals surface area (Å²) < 4.78 is 26.8. The van der Waals surface area contributed by atoms with Crippen LogP contribution in [0.3, 0.4) is 0 Å². The molecular weight excluding hydrogens is 326 g/mol. The summed E-state index contributed by atoms with van der Waals surface area (Å²) in [6, 6.07) is 8.53. The molecular formula is C19H20F2N2O2. The van der Waals surface area contributed by atoms with Gasteiger partial charge in [0.25, 0.3) is 5.91 Å². The van der Waals surface area contributed by atoms with Crippen molar-refractivity contribution in [2.45, 2.75) is 26.8 Å². The standard InChI is InChI=1S/C19H20F2N2O2/c1-11(2)17(23-18(24)13-5-7-14(20)8-6-13)19(25)22-16-10-12(3)4-9-15(16)21/h4-11,17H,1-3H3,(H,22,25)(H,23,24). The highest BCUT2D eigenvalue weighted by Crippen LogP contribution is 2.17. The lowest BCUT2D eigenvalue weighted by Gasteiger charge is -2.22. The maximum Gasteiger partial charge on any atom is 0.251 e. The lowest BCUT2D eigenvalue weighted by molar-refractivity contribution is -0.118. The number of carbonyl (C=O) groups excluding carboxylic acids is 2. The minimum atomic E-state index is -0.863. The number of anilines is 1. The minimum absolute atomic E-state index is 0.0617. The van der Waals surface area contributed by atoms with E-state index in [2.05, 4.69) is 10.6 Å². The number of rotatable bonds is 5. The second kappa shape index (κ2) is 7.88. The molecule has 2 rings (SSSR count). The van der Waals surface area contributed by atoms with Gasteiger partial charge in [-0.25, -0.2) is 8.78 Å². The largest absolute Gasteiger partial charge is 0.340 e. The zero-order valence-electron chi connectivity index (χ0n) is 14.3. The van der Waals surface area contributed by atoms with E-state index in [0.29, 0.717) is 0 Å². The Labute approximate surface area is 145 Å². The monoisotopic (exact) mass is 346 g/mol. The molecule has 25 heavy (non-hydrogen) atoms. The minimum Gasteiger partial charge on any atom is -0.340 e. The van der Waals surface area contributed by atoms with Gasteiger partial charge in [-0.3, -0.25) is 9.59 Å². The van der Waals surface area contributed by atoms with Gasteiger partial charge in [0.2, 0.25) is 5.91 Å². The van der Waals surface area contributed by atoms with Crippen LogP contribution in [0.5, 0.6) is 0 Å². The van der Waals surface area contributed by atoms with E-state index in [0.717, 1.165) is 5.56 Å². The number of nitrogens with one attached hydrogen (secondary N) is 2. The van der Waals surface area contributed by atoms with Gasteiger partial charge in [0.15, 0.2) is 0 Å². The molecule has 2 aromatic carbocycles. The topological polar surface area (TPSA) is 58.2 Å². The fraction of sp³-hybridized carbons (Fsp3) is 0.263. The van der Waals surface area contributed by atoms with Crippen LogP contribution in [-0.2, 0) is 4.79 Å². The average molecular weight is 346 g/mol. The second-order valence-electron chi connectivity index (χ2n) is 6.17. The molecule has 132 valence electrons. The Bertz CT molecular complexity index is 773. The lowest BCUT2D eigenvalue weighted by Crippen LogP contribution is -2.47. The Morgan fingerprint density at radius 3 is 2.24 bits per heavy atom. The second-order valence-corrected chi connectivity index (χ2v) is 6.17. The summed E-state index contributed by atoms with van der Waals surface area (Å²) in [6.07, 6.45) is 0. The molecule has 2 aromatic rings. The number of hydrogen-bond donors (Lipinski definition) is 2. The van der Waals surface area contributed by atoms with Crippen LogP contribution < -0.4 is 10.6 Å². The summed E-state index contributed by atoms with van der Waals surface area (Å²) >= 11 is 0. The summed E-state index contributed by atoms with van der Waals surface area (Å²) in [6.45, 7) is 5.31. The van der Waals surface area contributed by atoms with Crippen molar-refractivity contribution < 1.29 is 18.4 Å². The van der Waals surface area contributed by atoms with Crippen LogP contribution in [0.1, 0.15) is 29.8 Å². The Hall–Kier alpha value is -2.76. The van der Waals surface area contributed by atoms with Gasteiger partial charge in [-0.2, -0.15) is 0 Å². The highest BCUT2D eigenvalue weighted by molar-refractivity contribution is 6.01. The lowest BCUT2D eigenvalue weighted by atomic mass is 10.0. The van der Waals surface area contributed by atoms with Gasteiger partial charge in [-0.15, -0.1) is 0 Å². The van der Waals surface area contributed by atoms with E-state index in [-0.39, 0.29) is 17.2 Å². The number of amides is 2. The number of aryl methyl sites for hydroxylation is 1. The molecule has 0 heterocycles. The van der Waals surface area contributed by atoms with Crippen molar-refractivity contribution in [3.63, 3.8) is 0 Å². The van der Waals surface area contributed by atoms with Crippen LogP contribution in [0, 0.1) is 24.5 Å². The molecule has 1 unspecified atom stereocenters. The van der Waals surface area contributed by atoms with E-state index in [9.17, 15) is 18.4 Å². The number of benzene rings is 2. The average Bonchev–Trinajstić information content (AvgIpc) is 2.56. The molecule has 0 aromatic heterocycles. The summed E-state index contributed by atoms with van der Waals surface area (Å²) in [5.41, 5.74) is 1.10. The number of hydrogen-bond acceptors (Lipinski definition) is 2. The smallest absolute Gasteiger partial charge is 0.251 e. The summed E-state index contributed by atoms with van der Waals surface area (Å²) in [5.74, 6) is -2.25. The van der Waals surface area contributed by atoms with Crippen molar-refractivity contribution in [1.29, 1.82) is 0 Å². The fourth-order valence-corrected chi connectivity index (χ4v) is 2.31. The molecule has 1 atom stereocenters. The van der Waals surface area contributed by atoms with E-state index < -0.39 is 29.5 Å². The van der Waals surface area contributed by atoms with Gasteiger partial charge in [-0.05, 0) is 54.8 Å². The van der Waals surface area contributed by atoms with Crippen molar-refractivity contribution in [3.8, 4) is 0 Å². The van der Waals surface area contributed by atoms with Crippen LogP contribution in [0.15, 0.2) is 42.5 Å². The number of halogens is 2.